The number of nitrogens with one attached hydrogen (secondary N) is 2. The average molecular weight is 291 g/mol. The molecular formula is C13H17N5OS. The number of H-pyrrole nitrogens is 1. The minimum atomic E-state index is -0.300. The van der Waals surface area contributed by atoms with Gasteiger partial charge in [-0.3, -0.25) is 9.89 Å². The Morgan fingerprint density at radius 3 is 2.85 bits per heavy atom. The first kappa shape index (κ1) is 14.4. The van der Waals surface area contributed by atoms with E-state index >= 15 is 0 Å². The molecule has 1 aromatic carbocycles. The maximum Gasteiger partial charge on any atom is 0.237 e. The van der Waals surface area contributed by atoms with Crippen LogP contribution in [0.3, 0.4) is 0 Å². The van der Waals surface area contributed by atoms with Crippen LogP contribution in [-0.4, -0.2) is 26.3 Å². The van der Waals surface area contributed by atoms with Gasteiger partial charge in [-0.05, 0) is 38.5 Å². The second kappa shape index (κ2) is 5.96. The summed E-state index contributed by atoms with van der Waals surface area (Å²) < 4.78 is 0. The number of amides is 1. The molecule has 1 unspecified atom stereocenters. The molecule has 1 heterocycles. The van der Waals surface area contributed by atoms with Crippen LogP contribution in [0.25, 0.3) is 0 Å². The van der Waals surface area contributed by atoms with E-state index in [1.54, 1.807) is 6.07 Å². The molecule has 1 aromatic heterocycles. The molecule has 2 aromatic rings. The highest BCUT2D eigenvalue weighted by Crippen LogP contribution is 2.23. The molecule has 1 amide bonds. The van der Waals surface area contributed by atoms with E-state index in [1.807, 2.05) is 32.9 Å². The molecule has 0 aliphatic carbocycles. The number of hydrogen-bond acceptors (Lipinski definition) is 5. The quantitative estimate of drug-likeness (QED) is 0.592. The number of hydrogen-bond donors (Lipinski definition) is 3. The maximum atomic E-state index is 12.1. The van der Waals surface area contributed by atoms with Gasteiger partial charge in [-0.15, -0.1) is 5.10 Å². The normalized spacial score (nSPS) is 12.2. The Bertz CT molecular complexity index is 625. The fourth-order valence-electron chi connectivity index (χ4n) is 1.61. The smallest absolute Gasteiger partial charge is 0.237 e. The summed E-state index contributed by atoms with van der Waals surface area (Å²) in [5, 5.41) is 9.89. The van der Waals surface area contributed by atoms with E-state index in [0.29, 0.717) is 10.8 Å². The zero-order valence-electron chi connectivity index (χ0n) is 11.6. The highest BCUT2D eigenvalue weighted by Gasteiger charge is 2.17. The second-order valence-corrected chi connectivity index (χ2v) is 5.78. The summed E-state index contributed by atoms with van der Waals surface area (Å²) in [6, 6.07) is 5.45. The third kappa shape index (κ3) is 3.30. The maximum absolute atomic E-state index is 12.1. The van der Waals surface area contributed by atoms with E-state index in [-0.39, 0.29) is 11.2 Å². The van der Waals surface area contributed by atoms with Crippen LogP contribution in [0.1, 0.15) is 18.3 Å². The van der Waals surface area contributed by atoms with Crippen LogP contribution in [0.4, 0.5) is 11.4 Å². The average Bonchev–Trinajstić information content (AvgIpc) is 2.80. The van der Waals surface area contributed by atoms with Crippen LogP contribution in [0.5, 0.6) is 0 Å². The molecule has 0 fully saturated rings. The molecule has 7 heteroatoms. The van der Waals surface area contributed by atoms with Crippen molar-refractivity contribution < 1.29 is 4.79 Å². The molecular weight excluding hydrogens is 274 g/mol. The first-order chi connectivity index (χ1) is 9.47. The lowest BCUT2D eigenvalue weighted by atomic mass is 10.1. The van der Waals surface area contributed by atoms with E-state index in [4.69, 9.17) is 5.73 Å². The lowest BCUT2D eigenvalue weighted by Crippen LogP contribution is -2.23. The predicted octanol–water partition coefficient (Wildman–Crippen LogP) is 2.12. The van der Waals surface area contributed by atoms with Crippen molar-refractivity contribution in [3.63, 3.8) is 0 Å². The SMILES string of the molecule is Cc1nc(SC(C)C(=O)Nc2cccc(N)c2C)n[nH]1. The molecule has 6 nitrogen and oxygen atoms in total. The summed E-state index contributed by atoms with van der Waals surface area (Å²) in [5.41, 5.74) is 8.08. The molecule has 20 heavy (non-hydrogen) atoms. The summed E-state index contributed by atoms with van der Waals surface area (Å²) in [7, 11) is 0. The van der Waals surface area contributed by atoms with Crippen molar-refractivity contribution in [3.8, 4) is 0 Å². The van der Waals surface area contributed by atoms with Gasteiger partial charge in [0.1, 0.15) is 5.82 Å². The van der Waals surface area contributed by atoms with Gasteiger partial charge in [0.2, 0.25) is 11.1 Å². The van der Waals surface area contributed by atoms with Crippen molar-refractivity contribution in [3.05, 3.63) is 29.6 Å². The Morgan fingerprint density at radius 1 is 1.45 bits per heavy atom. The monoisotopic (exact) mass is 291 g/mol. The van der Waals surface area contributed by atoms with Gasteiger partial charge in [-0.1, -0.05) is 17.8 Å². The van der Waals surface area contributed by atoms with Gasteiger partial charge in [0, 0.05) is 11.4 Å². The van der Waals surface area contributed by atoms with E-state index < -0.39 is 0 Å². The van der Waals surface area contributed by atoms with Crippen LogP contribution < -0.4 is 11.1 Å². The summed E-state index contributed by atoms with van der Waals surface area (Å²) in [6.07, 6.45) is 0. The van der Waals surface area contributed by atoms with Gasteiger partial charge in [0.15, 0.2) is 0 Å². The number of nitrogens with zero attached hydrogens (tertiary/aromatic N) is 2. The number of aryl methyl sites for hydroxylation is 1. The number of benzene rings is 1. The number of carbonyl (C=O) groups is 1. The van der Waals surface area contributed by atoms with Gasteiger partial charge < -0.3 is 11.1 Å². The number of aromatic nitrogens is 3. The minimum Gasteiger partial charge on any atom is -0.398 e. The van der Waals surface area contributed by atoms with Gasteiger partial charge in [0.25, 0.3) is 0 Å². The van der Waals surface area contributed by atoms with Crippen molar-refractivity contribution in [1.82, 2.24) is 15.2 Å². The van der Waals surface area contributed by atoms with Crippen LogP contribution in [-0.2, 0) is 4.79 Å². The molecule has 0 bridgehead atoms. The van der Waals surface area contributed by atoms with Crippen molar-refractivity contribution in [2.75, 3.05) is 11.1 Å². The largest absolute Gasteiger partial charge is 0.398 e. The molecule has 2 rings (SSSR count). The number of rotatable bonds is 4. The molecule has 0 spiro atoms. The molecule has 0 aliphatic heterocycles. The van der Waals surface area contributed by atoms with Crippen LogP contribution in [0, 0.1) is 13.8 Å². The number of thioether (sulfide) groups is 1. The molecule has 106 valence electrons. The highest BCUT2D eigenvalue weighted by atomic mass is 32.2. The Morgan fingerprint density at radius 2 is 2.20 bits per heavy atom. The Kier molecular flexibility index (Phi) is 4.29. The van der Waals surface area contributed by atoms with E-state index in [1.165, 1.54) is 11.8 Å². The van der Waals surface area contributed by atoms with E-state index in [0.717, 1.165) is 17.1 Å². The van der Waals surface area contributed by atoms with Gasteiger partial charge in [-0.25, -0.2) is 4.98 Å². The minimum absolute atomic E-state index is 0.105. The van der Waals surface area contributed by atoms with Gasteiger partial charge >= 0.3 is 0 Å². The first-order valence-corrected chi connectivity index (χ1v) is 7.07. The van der Waals surface area contributed by atoms with Crippen LogP contribution >= 0.6 is 11.8 Å². The van der Waals surface area contributed by atoms with Gasteiger partial charge in [-0.2, -0.15) is 0 Å². The summed E-state index contributed by atoms with van der Waals surface area (Å²) >= 11 is 1.31. The number of carbonyl (C=O) groups excluding carboxylic acids is 1. The van der Waals surface area contributed by atoms with Crippen LogP contribution in [0.15, 0.2) is 23.4 Å². The number of nitrogen functional groups attached to an aromatic ring is 1. The molecule has 0 aliphatic rings. The molecule has 0 saturated heterocycles. The number of aromatic amines is 1. The fourth-order valence-corrected chi connectivity index (χ4v) is 2.38. The van der Waals surface area contributed by atoms with Gasteiger partial charge in [0.05, 0.1) is 5.25 Å². The lowest BCUT2D eigenvalue weighted by Gasteiger charge is -2.13. The summed E-state index contributed by atoms with van der Waals surface area (Å²) in [4.78, 5) is 16.3. The zero-order valence-corrected chi connectivity index (χ0v) is 12.4. The molecule has 0 radical (unpaired) electrons. The van der Waals surface area contributed by atoms with Crippen LogP contribution in [0.2, 0.25) is 0 Å². The zero-order chi connectivity index (χ0) is 14.7. The Labute approximate surface area is 121 Å². The summed E-state index contributed by atoms with van der Waals surface area (Å²) in [5.74, 6) is 0.623. The highest BCUT2D eigenvalue weighted by molar-refractivity contribution is 8.00. The van der Waals surface area contributed by atoms with E-state index in [9.17, 15) is 4.79 Å². The van der Waals surface area contributed by atoms with Crippen molar-refractivity contribution in [2.24, 2.45) is 0 Å². The van der Waals surface area contributed by atoms with E-state index in [2.05, 4.69) is 20.5 Å². The fraction of sp³-hybridized carbons (Fsp3) is 0.308. The topological polar surface area (TPSA) is 96.7 Å². The molecule has 4 N–H and O–H groups in total. The molecule has 0 saturated carbocycles. The number of nitrogens with two attached hydrogens (primary N) is 1. The first-order valence-electron chi connectivity index (χ1n) is 6.19. The van der Waals surface area contributed by atoms with Crippen molar-refractivity contribution in [1.29, 1.82) is 0 Å². The number of anilines is 2. The third-order valence-corrected chi connectivity index (χ3v) is 3.82. The van der Waals surface area contributed by atoms with Crippen molar-refractivity contribution in [2.45, 2.75) is 31.2 Å². The standard InChI is InChI=1S/C13H17N5OS/c1-7-10(14)5-4-6-11(7)16-12(19)8(2)20-13-15-9(3)17-18-13/h4-6,8H,14H2,1-3H3,(H,16,19)(H,15,17,18). The molecule has 1 atom stereocenters. The third-order valence-electron chi connectivity index (χ3n) is 2.86. The second-order valence-electron chi connectivity index (χ2n) is 4.47. The van der Waals surface area contributed by atoms with Crippen molar-refractivity contribution >= 4 is 29.0 Å². The Balaban J connectivity index is 2.02. The summed E-state index contributed by atoms with van der Waals surface area (Å²) in [6.45, 7) is 5.51. The Hall–Kier alpha value is -2.02. The predicted molar refractivity (Wildman–Crippen MR) is 80.7 cm³/mol. The lowest BCUT2D eigenvalue weighted by molar-refractivity contribution is -0.115.